The predicted octanol–water partition coefficient (Wildman–Crippen LogP) is 3.85. The number of hydrogen-bond acceptors (Lipinski definition) is 7. The molecule has 7 nitrogen and oxygen atoms in total. The number of hydrogen-bond donors (Lipinski definition) is 0. The number of fused-ring (bicyclic) bond motifs is 1. The van der Waals surface area contributed by atoms with Crippen molar-refractivity contribution in [3.05, 3.63) is 42.9 Å². The molecule has 1 aromatic carbocycles. The molecule has 0 saturated carbocycles. The van der Waals surface area contributed by atoms with Crippen molar-refractivity contribution in [2.24, 2.45) is 5.92 Å². The standard InChI is InChI=1S/C21H24IN5O2/c22-19(21-23-5-9-29-21)15-2-1-6-27(13-15)20-17-4-3-16(12-18(17)24-14-25-20)26-7-10-28-11-8-26/h3-5,9,12,14-15,19H,1-2,6-8,10-11,13H2. The summed E-state index contributed by atoms with van der Waals surface area (Å²) in [5, 5.41) is 1.12. The fraction of sp³-hybridized carbons (Fsp3) is 0.476. The van der Waals surface area contributed by atoms with E-state index in [4.69, 9.17) is 9.15 Å². The highest BCUT2D eigenvalue weighted by Gasteiger charge is 2.30. The quantitative estimate of drug-likeness (QED) is 0.394. The third-order valence-corrected chi connectivity index (χ3v) is 7.38. The van der Waals surface area contributed by atoms with Crippen molar-refractivity contribution in [3.63, 3.8) is 0 Å². The lowest BCUT2D eigenvalue weighted by molar-refractivity contribution is 0.122. The van der Waals surface area contributed by atoms with Gasteiger partial charge in [-0.1, -0.05) is 22.6 Å². The summed E-state index contributed by atoms with van der Waals surface area (Å²) in [6.07, 6.45) is 7.40. The van der Waals surface area contributed by atoms with E-state index in [9.17, 15) is 0 Å². The Hall–Kier alpha value is -1.94. The normalized spacial score (nSPS) is 21.5. The monoisotopic (exact) mass is 505 g/mol. The molecule has 4 heterocycles. The minimum Gasteiger partial charge on any atom is -0.448 e. The fourth-order valence-electron chi connectivity index (χ4n) is 4.32. The molecule has 3 aromatic rings. The molecule has 0 radical (unpaired) electrons. The molecule has 0 spiro atoms. The minimum absolute atomic E-state index is 0.270. The second-order valence-corrected chi connectivity index (χ2v) is 8.96. The molecule has 2 aliphatic rings. The molecule has 152 valence electrons. The lowest BCUT2D eigenvalue weighted by Crippen LogP contribution is -2.37. The number of alkyl halides is 1. The van der Waals surface area contributed by atoms with Crippen molar-refractivity contribution >= 4 is 45.0 Å². The first-order valence-electron chi connectivity index (χ1n) is 10.2. The van der Waals surface area contributed by atoms with Crippen LogP contribution in [-0.4, -0.2) is 54.3 Å². The van der Waals surface area contributed by atoms with Gasteiger partial charge in [0.2, 0.25) is 5.89 Å². The van der Waals surface area contributed by atoms with Crippen LogP contribution < -0.4 is 9.80 Å². The zero-order valence-electron chi connectivity index (χ0n) is 16.2. The highest BCUT2D eigenvalue weighted by atomic mass is 127. The Labute approximate surface area is 183 Å². The zero-order chi connectivity index (χ0) is 19.6. The van der Waals surface area contributed by atoms with E-state index in [0.29, 0.717) is 5.92 Å². The number of halogens is 1. The lowest BCUT2D eigenvalue weighted by Gasteiger charge is -2.35. The van der Waals surface area contributed by atoms with Crippen LogP contribution in [0.5, 0.6) is 0 Å². The Morgan fingerprint density at radius 2 is 1.97 bits per heavy atom. The van der Waals surface area contributed by atoms with E-state index in [-0.39, 0.29) is 3.92 Å². The first-order chi connectivity index (χ1) is 14.3. The van der Waals surface area contributed by atoms with Gasteiger partial charge in [-0.25, -0.2) is 15.0 Å². The maximum atomic E-state index is 5.55. The fourth-order valence-corrected chi connectivity index (χ4v) is 5.21. The Morgan fingerprint density at radius 1 is 1.07 bits per heavy atom. The number of nitrogens with zero attached hydrogens (tertiary/aromatic N) is 5. The molecule has 0 aliphatic carbocycles. The van der Waals surface area contributed by atoms with Gasteiger partial charge in [-0.3, -0.25) is 0 Å². The van der Waals surface area contributed by atoms with Gasteiger partial charge in [-0.2, -0.15) is 0 Å². The Morgan fingerprint density at radius 3 is 2.79 bits per heavy atom. The third-order valence-electron chi connectivity index (χ3n) is 5.83. The van der Waals surface area contributed by atoms with Gasteiger partial charge in [0.1, 0.15) is 18.4 Å². The molecule has 2 unspecified atom stereocenters. The van der Waals surface area contributed by atoms with E-state index in [0.717, 1.165) is 68.4 Å². The van der Waals surface area contributed by atoms with Crippen LogP contribution >= 0.6 is 22.6 Å². The molecule has 2 aromatic heterocycles. The Bertz CT molecular complexity index is 961. The van der Waals surface area contributed by atoms with Gasteiger partial charge in [0.15, 0.2) is 0 Å². The molecule has 2 atom stereocenters. The predicted molar refractivity (Wildman–Crippen MR) is 121 cm³/mol. The topological polar surface area (TPSA) is 67.5 Å². The summed E-state index contributed by atoms with van der Waals surface area (Å²) in [6.45, 7) is 5.38. The number of morpholine rings is 1. The number of benzene rings is 1. The highest BCUT2D eigenvalue weighted by molar-refractivity contribution is 14.1. The number of piperidine rings is 1. The summed E-state index contributed by atoms with van der Waals surface area (Å²) < 4.78 is 11.3. The van der Waals surface area contributed by atoms with Crippen molar-refractivity contribution < 1.29 is 9.15 Å². The largest absolute Gasteiger partial charge is 0.448 e. The smallest absolute Gasteiger partial charge is 0.207 e. The molecular formula is C21H24IN5O2. The molecule has 29 heavy (non-hydrogen) atoms. The van der Waals surface area contributed by atoms with Crippen molar-refractivity contribution in [1.82, 2.24) is 15.0 Å². The van der Waals surface area contributed by atoms with Crippen molar-refractivity contribution in [2.45, 2.75) is 16.8 Å². The first-order valence-corrected chi connectivity index (χ1v) is 11.4. The van der Waals surface area contributed by atoms with Gasteiger partial charge in [0, 0.05) is 37.3 Å². The van der Waals surface area contributed by atoms with Crippen LogP contribution in [0.25, 0.3) is 10.9 Å². The summed E-state index contributed by atoms with van der Waals surface area (Å²) in [7, 11) is 0. The van der Waals surface area contributed by atoms with Gasteiger partial charge in [0.25, 0.3) is 0 Å². The van der Waals surface area contributed by atoms with Crippen LogP contribution in [0, 0.1) is 5.92 Å². The van der Waals surface area contributed by atoms with Gasteiger partial charge >= 0.3 is 0 Å². The van der Waals surface area contributed by atoms with E-state index < -0.39 is 0 Å². The minimum atomic E-state index is 0.270. The summed E-state index contributed by atoms with van der Waals surface area (Å²) in [5.74, 6) is 2.34. The molecule has 8 heteroatoms. The number of aromatic nitrogens is 3. The van der Waals surface area contributed by atoms with Crippen molar-refractivity contribution in [1.29, 1.82) is 0 Å². The number of oxazole rings is 1. The van der Waals surface area contributed by atoms with E-state index >= 15 is 0 Å². The van der Waals surface area contributed by atoms with Gasteiger partial charge in [0.05, 0.1) is 28.9 Å². The number of rotatable bonds is 4. The highest BCUT2D eigenvalue weighted by Crippen LogP contribution is 2.38. The average Bonchev–Trinajstić information content (AvgIpc) is 3.33. The van der Waals surface area contributed by atoms with Crippen LogP contribution in [0.4, 0.5) is 11.5 Å². The van der Waals surface area contributed by atoms with Gasteiger partial charge < -0.3 is 19.0 Å². The van der Waals surface area contributed by atoms with E-state index in [1.54, 1.807) is 18.8 Å². The Kier molecular flexibility index (Phi) is 5.54. The van der Waals surface area contributed by atoms with Crippen LogP contribution in [0.2, 0.25) is 0 Å². The third kappa shape index (κ3) is 3.92. The lowest BCUT2D eigenvalue weighted by atomic mass is 9.94. The van der Waals surface area contributed by atoms with E-state index in [1.807, 2.05) is 0 Å². The average molecular weight is 505 g/mol. The summed E-state index contributed by atoms with van der Waals surface area (Å²) in [5.41, 5.74) is 2.21. The zero-order valence-corrected chi connectivity index (χ0v) is 18.4. The van der Waals surface area contributed by atoms with Crippen LogP contribution in [0.1, 0.15) is 22.7 Å². The molecule has 2 saturated heterocycles. The maximum Gasteiger partial charge on any atom is 0.207 e. The maximum absolute atomic E-state index is 5.55. The number of anilines is 2. The van der Waals surface area contributed by atoms with Crippen LogP contribution in [-0.2, 0) is 4.74 Å². The van der Waals surface area contributed by atoms with Crippen LogP contribution in [0.3, 0.4) is 0 Å². The molecule has 0 amide bonds. The van der Waals surface area contributed by atoms with E-state index in [2.05, 4.69) is 65.5 Å². The summed E-state index contributed by atoms with van der Waals surface area (Å²) in [4.78, 5) is 18.4. The van der Waals surface area contributed by atoms with Gasteiger partial charge in [-0.15, -0.1) is 0 Å². The van der Waals surface area contributed by atoms with E-state index in [1.165, 1.54) is 12.1 Å². The summed E-state index contributed by atoms with van der Waals surface area (Å²) >= 11 is 2.47. The van der Waals surface area contributed by atoms with Crippen molar-refractivity contribution in [3.8, 4) is 0 Å². The summed E-state index contributed by atoms with van der Waals surface area (Å²) in [6, 6.07) is 6.55. The second kappa shape index (κ2) is 8.43. The molecule has 0 N–H and O–H groups in total. The molecule has 5 rings (SSSR count). The van der Waals surface area contributed by atoms with Gasteiger partial charge in [-0.05, 0) is 37.0 Å². The SMILES string of the molecule is IC(c1ncco1)C1CCCN(c2ncnc3cc(N4CCOCC4)ccc23)C1. The molecule has 2 aliphatic heterocycles. The van der Waals surface area contributed by atoms with Crippen LogP contribution in [0.15, 0.2) is 41.4 Å². The Balaban J connectivity index is 1.40. The number of ether oxygens (including phenoxy) is 1. The first kappa shape index (κ1) is 19.0. The molecule has 0 bridgehead atoms. The molecular weight excluding hydrogens is 481 g/mol. The second-order valence-electron chi connectivity index (χ2n) is 7.62. The molecule has 2 fully saturated rings. The van der Waals surface area contributed by atoms with Crippen molar-refractivity contribution in [2.75, 3.05) is 49.2 Å².